The summed E-state index contributed by atoms with van der Waals surface area (Å²) < 4.78 is 2.31. The van der Waals surface area contributed by atoms with E-state index < -0.39 is 5.91 Å². The smallest absolute Gasteiger partial charge is 0.292 e. The van der Waals surface area contributed by atoms with E-state index in [2.05, 4.69) is 34.4 Å². The SMILES string of the molecule is CCN(CC)c1ccc(/C=N/NC(=O)c2nn(C)cc2I)c(O)c1. The first-order chi connectivity index (χ1) is 11.5. The fourth-order valence-corrected chi connectivity index (χ4v) is 3.01. The molecule has 0 bridgehead atoms. The molecule has 0 saturated heterocycles. The zero-order chi connectivity index (χ0) is 17.7. The number of amides is 1. The molecule has 8 heteroatoms. The van der Waals surface area contributed by atoms with E-state index in [9.17, 15) is 9.90 Å². The van der Waals surface area contributed by atoms with Crippen molar-refractivity contribution < 1.29 is 9.90 Å². The first-order valence-corrected chi connectivity index (χ1v) is 8.64. The molecule has 0 aliphatic carbocycles. The molecule has 0 saturated carbocycles. The van der Waals surface area contributed by atoms with Gasteiger partial charge in [0.25, 0.3) is 5.91 Å². The lowest BCUT2D eigenvalue weighted by Crippen LogP contribution is -2.21. The maximum atomic E-state index is 12.0. The van der Waals surface area contributed by atoms with Crippen molar-refractivity contribution in [2.24, 2.45) is 12.1 Å². The summed E-state index contributed by atoms with van der Waals surface area (Å²) in [5, 5.41) is 18.1. The fraction of sp³-hybridized carbons (Fsp3) is 0.312. The van der Waals surface area contributed by atoms with Crippen molar-refractivity contribution in [3.63, 3.8) is 0 Å². The van der Waals surface area contributed by atoms with E-state index in [1.807, 2.05) is 28.7 Å². The molecule has 0 radical (unpaired) electrons. The van der Waals surface area contributed by atoms with Crippen LogP contribution in [0, 0.1) is 3.57 Å². The number of phenolic OH excluding ortho intramolecular Hbond substituents is 1. The standard InChI is InChI=1S/C16H20IN5O2/c1-4-22(5-2)12-7-6-11(14(23)8-12)9-18-19-16(24)15-13(17)10-21(3)20-15/h6-10,23H,4-5H2,1-3H3,(H,19,24)/b18-9+. The Morgan fingerprint density at radius 2 is 2.17 bits per heavy atom. The van der Waals surface area contributed by atoms with Crippen LogP contribution in [0.3, 0.4) is 0 Å². The number of halogens is 1. The summed E-state index contributed by atoms with van der Waals surface area (Å²) >= 11 is 2.04. The Morgan fingerprint density at radius 1 is 1.46 bits per heavy atom. The maximum Gasteiger partial charge on any atom is 0.292 e. The number of hydrazone groups is 1. The van der Waals surface area contributed by atoms with Crippen LogP contribution >= 0.6 is 22.6 Å². The number of phenols is 1. The summed E-state index contributed by atoms with van der Waals surface area (Å²) in [4.78, 5) is 14.1. The number of benzene rings is 1. The highest BCUT2D eigenvalue weighted by Gasteiger charge is 2.13. The molecule has 128 valence electrons. The third-order valence-electron chi connectivity index (χ3n) is 3.51. The molecule has 0 spiro atoms. The quantitative estimate of drug-likeness (QED) is 0.410. The second kappa shape index (κ2) is 8.13. The van der Waals surface area contributed by atoms with Crippen LogP contribution < -0.4 is 10.3 Å². The van der Waals surface area contributed by atoms with E-state index in [0.717, 1.165) is 22.3 Å². The second-order valence-electron chi connectivity index (χ2n) is 5.11. The number of hydrogen-bond donors (Lipinski definition) is 2. The molecule has 0 fully saturated rings. The molecule has 1 aromatic carbocycles. The average Bonchev–Trinajstić information content (AvgIpc) is 2.89. The van der Waals surface area contributed by atoms with Gasteiger partial charge >= 0.3 is 0 Å². The van der Waals surface area contributed by atoms with Gasteiger partial charge in [-0.1, -0.05) is 0 Å². The number of carbonyl (C=O) groups is 1. The van der Waals surface area contributed by atoms with E-state index >= 15 is 0 Å². The molecule has 2 N–H and O–H groups in total. The Kier molecular flexibility index (Phi) is 6.18. The zero-order valence-corrected chi connectivity index (χ0v) is 16.0. The molecular formula is C16H20IN5O2. The minimum Gasteiger partial charge on any atom is -0.507 e. The topological polar surface area (TPSA) is 82.8 Å². The normalized spacial score (nSPS) is 11.0. The molecule has 1 aromatic heterocycles. The van der Waals surface area contributed by atoms with Gasteiger partial charge in [0.15, 0.2) is 5.69 Å². The predicted molar refractivity (Wildman–Crippen MR) is 103 cm³/mol. The number of carbonyl (C=O) groups excluding carboxylic acids is 1. The highest BCUT2D eigenvalue weighted by atomic mass is 127. The Labute approximate surface area is 154 Å². The lowest BCUT2D eigenvalue weighted by molar-refractivity contribution is 0.0948. The summed E-state index contributed by atoms with van der Waals surface area (Å²) in [5.74, 6) is -0.277. The Bertz CT molecular complexity index is 753. The largest absolute Gasteiger partial charge is 0.507 e. The van der Waals surface area contributed by atoms with E-state index in [1.165, 1.54) is 6.21 Å². The van der Waals surface area contributed by atoms with Gasteiger partial charge in [-0.2, -0.15) is 10.2 Å². The molecule has 1 amide bonds. The number of rotatable bonds is 6. The lowest BCUT2D eigenvalue weighted by atomic mass is 10.2. The van der Waals surface area contributed by atoms with Crippen LogP contribution in [-0.2, 0) is 7.05 Å². The highest BCUT2D eigenvalue weighted by Crippen LogP contribution is 2.23. The summed E-state index contributed by atoms with van der Waals surface area (Å²) in [6.45, 7) is 5.85. The van der Waals surface area contributed by atoms with Gasteiger partial charge in [0.1, 0.15) is 5.75 Å². The van der Waals surface area contributed by atoms with Gasteiger partial charge in [-0.05, 0) is 48.6 Å². The van der Waals surface area contributed by atoms with Crippen LogP contribution in [0.4, 0.5) is 5.69 Å². The molecule has 24 heavy (non-hydrogen) atoms. The summed E-state index contributed by atoms with van der Waals surface area (Å²) in [6, 6.07) is 5.37. The van der Waals surface area contributed by atoms with Crippen molar-refractivity contribution in [3.8, 4) is 5.75 Å². The fourth-order valence-electron chi connectivity index (χ4n) is 2.25. The Morgan fingerprint density at radius 3 is 2.71 bits per heavy atom. The van der Waals surface area contributed by atoms with Gasteiger partial charge in [-0.3, -0.25) is 9.48 Å². The highest BCUT2D eigenvalue weighted by molar-refractivity contribution is 14.1. The number of hydrogen-bond acceptors (Lipinski definition) is 5. The van der Waals surface area contributed by atoms with Gasteiger partial charge in [-0.15, -0.1) is 0 Å². The molecule has 1 heterocycles. The first-order valence-electron chi connectivity index (χ1n) is 7.56. The van der Waals surface area contributed by atoms with Crippen LogP contribution in [0.1, 0.15) is 29.9 Å². The van der Waals surface area contributed by atoms with Crippen molar-refractivity contribution >= 4 is 40.4 Å². The number of nitrogens with one attached hydrogen (secondary N) is 1. The van der Waals surface area contributed by atoms with Crippen molar-refractivity contribution in [3.05, 3.63) is 39.2 Å². The van der Waals surface area contributed by atoms with Gasteiger partial charge in [0, 0.05) is 43.7 Å². The number of aromatic nitrogens is 2. The van der Waals surface area contributed by atoms with Gasteiger partial charge < -0.3 is 10.0 Å². The van der Waals surface area contributed by atoms with Crippen LogP contribution in [0.2, 0.25) is 0 Å². The minimum atomic E-state index is -0.393. The van der Waals surface area contributed by atoms with Crippen LogP contribution in [0.5, 0.6) is 5.75 Å². The molecular weight excluding hydrogens is 421 g/mol. The summed E-state index contributed by atoms with van der Waals surface area (Å²) in [6.07, 6.45) is 3.16. The van der Waals surface area contributed by atoms with Gasteiger partial charge in [-0.25, -0.2) is 5.43 Å². The van der Waals surface area contributed by atoms with E-state index in [-0.39, 0.29) is 5.75 Å². The molecule has 2 aromatic rings. The molecule has 7 nitrogen and oxygen atoms in total. The van der Waals surface area contributed by atoms with Crippen LogP contribution in [0.25, 0.3) is 0 Å². The molecule has 0 atom stereocenters. The molecule has 2 rings (SSSR count). The van der Waals surface area contributed by atoms with E-state index in [0.29, 0.717) is 11.3 Å². The lowest BCUT2D eigenvalue weighted by Gasteiger charge is -2.21. The summed E-state index contributed by atoms with van der Waals surface area (Å²) in [5.41, 5.74) is 4.21. The average molecular weight is 441 g/mol. The number of aromatic hydroxyl groups is 1. The van der Waals surface area contributed by atoms with Crippen molar-refractivity contribution in [2.45, 2.75) is 13.8 Å². The van der Waals surface area contributed by atoms with E-state index in [1.54, 1.807) is 30.1 Å². The van der Waals surface area contributed by atoms with Crippen molar-refractivity contribution in [1.29, 1.82) is 0 Å². The summed E-state index contributed by atoms with van der Waals surface area (Å²) in [7, 11) is 1.75. The third kappa shape index (κ3) is 4.25. The van der Waals surface area contributed by atoms with Crippen LogP contribution in [-0.4, -0.2) is 40.1 Å². The predicted octanol–water partition coefficient (Wildman–Crippen LogP) is 2.34. The van der Waals surface area contributed by atoms with Gasteiger partial charge in [0.05, 0.1) is 9.78 Å². The number of nitrogens with zero attached hydrogens (tertiary/aromatic N) is 4. The zero-order valence-electron chi connectivity index (χ0n) is 13.8. The molecule has 0 aliphatic heterocycles. The third-order valence-corrected chi connectivity index (χ3v) is 4.30. The number of aryl methyl sites for hydroxylation is 1. The van der Waals surface area contributed by atoms with Crippen LogP contribution in [0.15, 0.2) is 29.5 Å². The molecule has 0 aliphatic rings. The van der Waals surface area contributed by atoms with Crippen molar-refractivity contribution in [2.75, 3.05) is 18.0 Å². The van der Waals surface area contributed by atoms with E-state index in [4.69, 9.17) is 0 Å². The number of anilines is 1. The Balaban J connectivity index is 2.06. The molecule has 0 unspecified atom stereocenters. The minimum absolute atomic E-state index is 0.116. The van der Waals surface area contributed by atoms with Crippen molar-refractivity contribution in [1.82, 2.24) is 15.2 Å². The van der Waals surface area contributed by atoms with Gasteiger partial charge in [0.2, 0.25) is 0 Å². The monoisotopic (exact) mass is 441 g/mol. The maximum absolute atomic E-state index is 12.0. The first kappa shape index (κ1) is 18.2. The second-order valence-corrected chi connectivity index (χ2v) is 6.28. The Hall–Kier alpha value is -2.10.